The summed E-state index contributed by atoms with van der Waals surface area (Å²) in [6, 6.07) is 0. The Morgan fingerprint density at radius 3 is 2.17 bits per heavy atom. The van der Waals surface area contributed by atoms with Crippen LogP contribution in [-0.2, 0) is 4.79 Å². The molecule has 0 saturated heterocycles. The number of hydrogen-bond donors (Lipinski definition) is 0. The summed E-state index contributed by atoms with van der Waals surface area (Å²) in [7, 11) is 0. The molecule has 0 aliphatic rings. The van der Waals surface area contributed by atoms with Crippen LogP contribution in [0.1, 0.15) is 41.0 Å². The molecule has 1 atom stereocenters. The third kappa shape index (κ3) is 4.32. The Morgan fingerprint density at radius 2 is 1.92 bits per heavy atom. The smallest absolute Gasteiger partial charge is 0.129 e. The maximum atomic E-state index is 10.9. The van der Waals surface area contributed by atoms with Crippen molar-refractivity contribution in [3.05, 3.63) is 11.6 Å². The van der Waals surface area contributed by atoms with Gasteiger partial charge in [0.15, 0.2) is 0 Å². The lowest BCUT2D eigenvalue weighted by molar-refractivity contribution is -0.114. The van der Waals surface area contributed by atoms with Crippen LogP contribution in [0.5, 0.6) is 0 Å². The minimum Gasteiger partial charge on any atom is -0.302 e. The largest absolute Gasteiger partial charge is 0.302 e. The Morgan fingerprint density at radius 1 is 1.42 bits per heavy atom. The van der Waals surface area contributed by atoms with E-state index in [1.807, 2.05) is 20.8 Å². The lowest BCUT2D eigenvalue weighted by Gasteiger charge is -2.21. The van der Waals surface area contributed by atoms with Crippen LogP contribution < -0.4 is 0 Å². The normalized spacial score (nSPS) is 15.5. The molecule has 0 amide bonds. The summed E-state index contributed by atoms with van der Waals surface area (Å²) in [5, 5.41) is 0. The Kier molecular flexibility index (Phi) is 4.22. The van der Waals surface area contributed by atoms with Crippen LogP contribution >= 0.6 is 0 Å². The highest BCUT2D eigenvalue weighted by Crippen LogP contribution is 2.26. The lowest BCUT2D eigenvalue weighted by Crippen LogP contribution is -2.18. The van der Waals surface area contributed by atoms with Crippen LogP contribution in [0.15, 0.2) is 11.6 Å². The van der Waals surface area contributed by atoms with Crippen LogP contribution in [-0.4, -0.2) is 6.29 Å². The van der Waals surface area contributed by atoms with Gasteiger partial charge in [-0.25, -0.2) is 0 Å². The van der Waals surface area contributed by atoms with E-state index in [0.29, 0.717) is 5.92 Å². The summed E-state index contributed by atoms with van der Waals surface area (Å²) in [6.07, 6.45) is 4.04. The van der Waals surface area contributed by atoms with Crippen LogP contribution in [0.25, 0.3) is 0 Å². The van der Waals surface area contributed by atoms with Gasteiger partial charge in [-0.15, -0.1) is 0 Å². The van der Waals surface area contributed by atoms with Gasteiger partial charge in [0.05, 0.1) is 0 Å². The Labute approximate surface area is 75.9 Å². The Balaban J connectivity index is 4.45. The molecule has 70 valence electrons. The van der Waals surface area contributed by atoms with Crippen molar-refractivity contribution in [1.82, 2.24) is 0 Å². The molecule has 0 aromatic rings. The SMILES string of the molecule is CC(C)=CC(C)(C=O)CC(C)C. The highest BCUT2D eigenvalue weighted by atomic mass is 16.1. The fourth-order valence-corrected chi connectivity index (χ4v) is 1.68. The average Bonchev–Trinajstić information content (AvgIpc) is 1.83. The van der Waals surface area contributed by atoms with Crippen molar-refractivity contribution in [1.29, 1.82) is 0 Å². The van der Waals surface area contributed by atoms with Crippen molar-refractivity contribution in [2.75, 3.05) is 0 Å². The maximum absolute atomic E-state index is 10.9. The van der Waals surface area contributed by atoms with Gasteiger partial charge in [-0.1, -0.05) is 25.5 Å². The summed E-state index contributed by atoms with van der Waals surface area (Å²) in [5.41, 5.74) is 0.956. The minimum absolute atomic E-state index is 0.257. The summed E-state index contributed by atoms with van der Waals surface area (Å²) >= 11 is 0. The van der Waals surface area contributed by atoms with E-state index in [9.17, 15) is 4.79 Å². The molecule has 12 heavy (non-hydrogen) atoms. The summed E-state index contributed by atoms with van der Waals surface area (Å²) in [6.45, 7) is 10.3. The van der Waals surface area contributed by atoms with Gasteiger partial charge in [-0.05, 0) is 33.1 Å². The standard InChI is InChI=1S/C11H20O/c1-9(2)6-11(5,8-12)7-10(3)4/h6,8,10H,7H2,1-5H3. The number of hydrogen-bond acceptors (Lipinski definition) is 1. The first kappa shape index (κ1) is 11.4. The average molecular weight is 168 g/mol. The van der Waals surface area contributed by atoms with Crippen LogP contribution in [0.4, 0.5) is 0 Å². The molecule has 0 spiro atoms. The molecule has 0 radical (unpaired) electrons. The molecule has 0 fully saturated rings. The molecule has 0 aliphatic heterocycles. The van der Waals surface area contributed by atoms with Gasteiger partial charge >= 0.3 is 0 Å². The molecular weight excluding hydrogens is 148 g/mol. The lowest BCUT2D eigenvalue weighted by atomic mass is 9.82. The first-order valence-corrected chi connectivity index (χ1v) is 4.52. The minimum atomic E-state index is -0.257. The number of aldehydes is 1. The molecule has 0 saturated carbocycles. The molecule has 1 nitrogen and oxygen atoms in total. The van der Waals surface area contributed by atoms with Crippen LogP contribution in [0.3, 0.4) is 0 Å². The molecule has 1 unspecified atom stereocenters. The van der Waals surface area contributed by atoms with Crippen LogP contribution in [0.2, 0.25) is 0 Å². The zero-order valence-corrected chi connectivity index (χ0v) is 8.85. The maximum Gasteiger partial charge on any atom is 0.129 e. The number of allylic oxidation sites excluding steroid dienone is 2. The van der Waals surface area contributed by atoms with Gasteiger partial charge in [0.2, 0.25) is 0 Å². The highest BCUT2D eigenvalue weighted by molar-refractivity contribution is 5.62. The van der Waals surface area contributed by atoms with Gasteiger partial charge in [0, 0.05) is 5.41 Å². The third-order valence-corrected chi connectivity index (χ3v) is 1.74. The molecule has 0 N–H and O–H groups in total. The fraction of sp³-hybridized carbons (Fsp3) is 0.727. The fourth-order valence-electron chi connectivity index (χ4n) is 1.68. The predicted octanol–water partition coefficient (Wildman–Crippen LogP) is 3.20. The third-order valence-electron chi connectivity index (χ3n) is 1.74. The quantitative estimate of drug-likeness (QED) is 0.465. The summed E-state index contributed by atoms with van der Waals surface area (Å²) in [4.78, 5) is 10.9. The van der Waals surface area contributed by atoms with Gasteiger partial charge in [0.25, 0.3) is 0 Å². The number of carbonyl (C=O) groups excluding carboxylic acids is 1. The molecule has 0 heterocycles. The van der Waals surface area contributed by atoms with E-state index >= 15 is 0 Å². The van der Waals surface area contributed by atoms with Gasteiger partial charge in [-0.2, -0.15) is 0 Å². The molecule has 0 aromatic heterocycles. The zero-order valence-electron chi connectivity index (χ0n) is 8.85. The summed E-state index contributed by atoms with van der Waals surface area (Å²) < 4.78 is 0. The molecule has 0 aliphatic carbocycles. The van der Waals surface area contributed by atoms with E-state index in [0.717, 1.165) is 12.7 Å². The Hall–Kier alpha value is -0.590. The topological polar surface area (TPSA) is 17.1 Å². The first-order chi connectivity index (χ1) is 5.39. The predicted molar refractivity (Wildman–Crippen MR) is 53.1 cm³/mol. The molecule has 0 bridgehead atoms. The molecule has 0 aromatic carbocycles. The van der Waals surface area contributed by atoms with Gasteiger partial charge in [0.1, 0.15) is 6.29 Å². The molecule has 1 heteroatoms. The van der Waals surface area contributed by atoms with E-state index in [1.54, 1.807) is 0 Å². The van der Waals surface area contributed by atoms with E-state index in [-0.39, 0.29) is 5.41 Å². The molecular formula is C11H20O. The van der Waals surface area contributed by atoms with Crippen molar-refractivity contribution >= 4 is 6.29 Å². The van der Waals surface area contributed by atoms with E-state index < -0.39 is 0 Å². The van der Waals surface area contributed by atoms with Crippen molar-refractivity contribution in [2.24, 2.45) is 11.3 Å². The van der Waals surface area contributed by atoms with Crippen molar-refractivity contribution in [2.45, 2.75) is 41.0 Å². The van der Waals surface area contributed by atoms with Crippen molar-refractivity contribution in [3.63, 3.8) is 0 Å². The monoisotopic (exact) mass is 168 g/mol. The zero-order chi connectivity index (χ0) is 9.78. The number of carbonyl (C=O) groups is 1. The summed E-state index contributed by atoms with van der Waals surface area (Å²) in [5.74, 6) is 0.566. The highest BCUT2D eigenvalue weighted by Gasteiger charge is 2.21. The second-order valence-corrected chi connectivity index (χ2v) is 4.44. The Bertz CT molecular complexity index is 175. The first-order valence-electron chi connectivity index (χ1n) is 4.52. The van der Waals surface area contributed by atoms with Crippen LogP contribution in [0, 0.1) is 11.3 Å². The van der Waals surface area contributed by atoms with Crippen molar-refractivity contribution < 1.29 is 4.79 Å². The second-order valence-electron chi connectivity index (χ2n) is 4.44. The van der Waals surface area contributed by atoms with Gasteiger partial charge < -0.3 is 4.79 Å². The van der Waals surface area contributed by atoms with Gasteiger partial charge in [-0.3, -0.25) is 0 Å². The van der Waals surface area contributed by atoms with E-state index in [1.165, 1.54) is 5.57 Å². The molecule has 0 rings (SSSR count). The second kappa shape index (κ2) is 4.44. The van der Waals surface area contributed by atoms with E-state index in [2.05, 4.69) is 19.9 Å². The van der Waals surface area contributed by atoms with Crippen molar-refractivity contribution in [3.8, 4) is 0 Å². The van der Waals surface area contributed by atoms with E-state index in [4.69, 9.17) is 0 Å². The number of rotatable bonds is 4.